The second-order valence-electron chi connectivity index (χ2n) is 8.94. The van der Waals surface area contributed by atoms with Gasteiger partial charge in [0, 0.05) is 38.1 Å². The molecular weight excluding hydrogens is 433 g/mol. The summed E-state index contributed by atoms with van der Waals surface area (Å²) in [6, 6.07) is 13.6. The number of hydrogen-bond acceptors (Lipinski definition) is 5. The Labute approximate surface area is 198 Å². The molecule has 0 spiro atoms. The second-order valence-corrected chi connectivity index (χ2v) is 8.94. The first-order valence-electron chi connectivity index (χ1n) is 11.0. The Hall–Kier alpha value is -3.78. The molecule has 2 amide bonds. The molecule has 7 nitrogen and oxygen atoms in total. The van der Waals surface area contributed by atoms with E-state index in [1.807, 2.05) is 56.3 Å². The molecule has 2 aromatic rings. The van der Waals surface area contributed by atoms with Crippen LogP contribution in [0.4, 0.5) is 10.1 Å². The van der Waals surface area contributed by atoms with Crippen molar-refractivity contribution < 1.29 is 14.0 Å². The number of amides is 2. The van der Waals surface area contributed by atoms with Gasteiger partial charge in [-0.15, -0.1) is 0 Å². The number of benzene rings is 2. The first kappa shape index (κ1) is 23.4. The Kier molecular flexibility index (Phi) is 6.34. The van der Waals surface area contributed by atoms with E-state index < -0.39 is 11.4 Å². The third-order valence-electron chi connectivity index (χ3n) is 5.98. The van der Waals surface area contributed by atoms with Crippen molar-refractivity contribution in [2.45, 2.75) is 12.5 Å². The molecule has 1 unspecified atom stereocenters. The molecule has 0 radical (unpaired) electrons. The molecule has 2 aromatic carbocycles. The Morgan fingerprint density at radius 3 is 2.56 bits per heavy atom. The molecule has 0 aromatic heterocycles. The summed E-state index contributed by atoms with van der Waals surface area (Å²) in [5, 5.41) is 6.19. The number of fused-ring (bicyclic) bond motifs is 1. The smallest absolute Gasteiger partial charge is 0.258 e. The van der Waals surface area contributed by atoms with Crippen LogP contribution in [0.3, 0.4) is 0 Å². The van der Waals surface area contributed by atoms with E-state index in [0.29, 0.717) is 34.6 Å². The maximum atomic E-state index is 13.8. The monoisotopic (exact) mass is 461 g/mol. The number of halogens is 1. The zero-order valence-corrected chi connectivity index (χ0v) is 19.7. The lowest BCUT2D eigenvalue weighted by molar-refractivity contribution is -0.126. The molecule has 2 aliphatic heterocycles. The van der Waals surface area contributed by atoms with E-state index in [1.165, 1.54) is 12.1 Å². The van der Waals surface area contributed by atoms with Crippen molar-refractivity contribution in [3.05, 3.63) is 77.2 Å². The standard InChI is InChI=1S/C26H28FN5O2/c1-26(16-28-15-20(26)25(34)32(4)13-12-31(2)3)30-23(17-8-6-5-7-9-17)22-19-11-10-18(27)14-21(19)29-24(22)33/h5-11,14-16,30H,12-13H2,1-4H3,(H,29,33). The van der Waals surface area contributed by atoms with Crippen molar-refractivity contribution in [3.8, 4) is 0 Å². The maximum absolute atomic E-state index is 13.8. The van der Waals surface area contributed by atoms with E-state index in [0.717, 1.165) is 12.1 Å². The number of carbonyl (C=O) groups excluding carboxylic acids is 2. The van der Waals surface area contributed by atoms with Gasteiger partial charge in [0.05, 0.1) is 22.5 Å². The van der Waals surface area contributed by atoms with Gasteiger partial charge in [-0.25, -0.2) is 4.39 Å². The van der Waals surface area contributed by atoms with E-state index in [2.05, 4.69) is 15.6 Å². The number of anilines is 1. The van der Waals surface area contributed by atoms with Crippen LogP contribution in [0.15, 0.2) is 65.3 Å². The van der Waals surface area contributed by atoms with Crippen LogP contribution in [0.1, 0.15) is 18.1 Å². The van der Waals surface area contributed by atoms with Crippen LogP contribution in [0.2, 0.25) is 0 Å². The fraction of sp³-hybridized carbons (Fsp3) is 0.269. The molecule has 0 saturated carbocycles. The van der Waals surface area contributed by atoms with E-state index in [-0.39, 0.29) is 11.8 Å². The van der Waals surface area contributed by atoms with Crippen LogP contribution >= 0.6 is 0 Å². The summed E-state index contributed by atoms with van der Waals surface area (Å²) in [6.45, 7) is 3.15. The predicted molar refractivity (Wildman–Crippen MR) is 133 cm³/mol. The highest BCUT2D eigenvalue weighted by Crippen LogP contribution is 2.38. The zero-order chi connectivity index (χ0) is 24.5. The van der Waals surface area contributed by atoms with Crippen LogP contribution in [0, 0.1) is 5.82 Å². The number of rotatable bonds is 7. The number of nitrogens with one attached hydrogen (secondary N) is 2. The molecule has 34 heavy (non-hydrogen) atoms. The fourth-order valence-electron chi connectivity index (χ4n) is 4.04. The van der Waals surface area contributed by atoms with Crippen molar-refractivity contribution in [1.29, 1.82) is 0 Å². The minimum atomic E-state index is -0.954. The molecule has 2 N–H and O–H groups in total. The number of aliphatic imine (C=N–C) groups is 1. The van der Waals surface area contributed by atoms with Gasteiger partial charge in [-0.2, -0.15) is 0 Å². The van der Waals surface area contributed by atoms with Gasteiger partial charge in [0.15, 0.2) is 0 Å². The highest BCUT2D eigenvalue weighted by atomic mass is 19.1. The summed E-state index contributed by atoms with van der Waals surface area (Å²) in [5.74, 6) is -0.920. The minimum Gasteiger partial charge on any atom is -0.370 e. The van der Waals surface area contributed by atoms with Crippen molar-refractivity contribution in [1.82, 2.24) is 15.1 Å². The molecule has 0 aliphatic carbocycles. The number of nitrogens with zero attached hydrogens (tertiary/aromatic N) is 3. The topological polar surface area (TPSA) is 77.0 Å². The number of hydrogen-bond donors (Lipinski definition) is 2. The second kappa shape index (κ2) is 9.23. The first-order chi connectivity index (χ1) is 16.2. The lowest BCUT2D eigenvalue weighted by atomic mass is 9.91. The van der Waals surface area contributed by atoms with Gasteiger partial charge in [0.2, 0.25) is 0 Å². The van der Waals surface area contributed by atoms with E-state index in [1.54, 1.807) is 30.4 Å². The van der Waals surface area contributed by atoms with Gasteiger partial charge in [0.25, 0.3) is 11.8 Å². The number of carbonyl (C=O) groups is 2. The molecule has 2 aliphatic rings. The largest absolute Gasteiger partial charge is 0.370 e. The molecule has 176 valence electrons. The molecule has 0 fully saturated rings. The SMILES string of the molecule is CN(C)CCN(C)C(=O)C1=CN=CC1(C)NC(=C1C(=O)Nc2cc(F)ccc21)c1ccccc1. The van der Waals surface area contributed by atoms with E-state index in [4.69, 9.17) is 0 Å². The average molecular weight is 462 g/mol. The fourth-order valence-corrected chi connectivity index (χ4v) is 4.04. The predicted octanol–water partition coefficient (Wildman–Crippen LogP) is 2.98. The van der Waals surface area contributed by atoms with Crippen molar-refractivity contribution in [2.24, 2.45) is 4.99 Å². The Balaban J connectivity index is 1.75. The van der Waals surface area contributed by atoms with Crippen LogP contribution in [-0.4, -0.2) is 67.6 Å². The summed E-state index contributed by atoms with van der Waals surface area (Å²) < 4.78 is 13.8. The third-order valence-corrected chi connectivity index (χ3v) is 5.98. The zero-order valence-electron chi connectivity index (χ0n) is 19.7. The highest BCUT2D eigenvalue weighted by Gasteiger charge is 2.39. The summed E-state index contributed by atoms with van der Waals surface area (Å²) in [6.07, 6.45) is 3.23. The Morgan fingerprint density at radius 2 is 1.85 bits per heavy atom. The van der Waals surface area contributed by atoms with Gasteiger partial charge in [-0.3, -0.25) is 14.6 Å². The molecule has 0 bridgehead atoms. The van der Waals surface area contributed by atoms with Gasteiger partial charge in [-0.05, 0) is 44.8 Å². The minimum absolute atomic E-state index is 0.148. The third kappa shape index (κ3) is 4.49. The molecule has 8 heteroatoms. The summed E-state index contributed by atoms with van der Waals surface area (Å²) in [7, 11) is 5.67. The number of likely N-dealkylation sites (N-methyl/N-ethyl adjacent to an activating group) is 2. The van der Waals surface area contributed by atoms with E-state index >= 15 is 0 Å². The Morgan fingerprint density at radius 1 is 1.12 bits per heavy atom. The molecule has 4 rings (SSSR count). The lowest BCUT2D eigenvalue weighted by Crippen LogP contribution is -2.49. The van der Waals surface area contributed by atoms with Crippen LogP contribution in [0.5, 0.6) is 0 Å². The van der Waals surface area contributed by atoms with Gasteiger partial charge in [0.1, 0.15) is 11.4 Å². The molecular formula is C26H28FN5O2. The lowest BCUT2D eigenvalue weighted by Gasteiger charge is -2.31. The normalized spacial score (nSPS) is 20.2. The summed E-state index contributed by atoms with van der Waals surface area (Å²) >= 11 is 0. The summed E-state index contributed by atoms with van der Waals surface area (Å²) in [5.41, 5.74) is 2.21. The van der Waals surface area contributed by atoms with E-state index in [9.17, 15) is 14.0 Å². The molecule has 2 heterocycles. The van der Waals surface area contributed by atoms with Crippen molar-refractivity contribution >= 4 is 35.0 Å². The van der Waals surface area contributed by atoms with Crippen molar-refractivity contribution in [3.63, 3.8) is 0 Å². The maximum Gasteiger partial charge on any atom is 0.258 e. The van der Waals surface area contributed by atoms with Gasteiger partial charge in [-0.1, -0.05) is 30.3 Å². The Bertz CT molecular complexity index is 1220. The molecule has 0 saturated heterocycles. The van der Waals surface area contributed by atoms with Crippen LogP contribution < -0.4 is 10.6 Å². The first-order valence-corrected chi connectivity index (χ1v) is 11.0. The van der Waals surface area contributed by atoms with Gasteiger partial charge < -0.3 is 20.4 Å². The van der Waals surface area contributed by atoms with Crippen LogP contribution in [-0.2, 0) is 9.59 Å². The quantitative estimate of drug-likeness (QED) is 0.622. The summed E-state index contributed by atoms with van der Waals surface area (Å²) in [4.78, 5) is 34.3. The van der Waals surface area contributed by atoms with Crippen LogP contribution in [0.25, 0.3) is 11.3 Å². The average Bonchev–Trinajstić information content (AvgIpc) is 3.34. The van der Waals surface area contributed by atoms with Crippen molar-refractivity contribution in [2.75, 3.05) is 39.5 Å². The van der Waals surface area contributed by atoms with Gasteiger partial charge >= 0.3 is 0 Å². The highest BCUT2D eigenvalue weighted by molar-refractivity contribution is 6.36. The molecule has 1 atom stereocenters.